The number of fused-ring (bicyclic) bond motifs is 1. The van der Waals surface area contributed by atoms with Gasteiger partial charge in [-0.3, -0.25) is 9.36 Å². The van der Waals surface area contributed by atoms with E-state index in [1.165, 1.54) is 15.9 Å². The van der Waals surface area contributed by atoms with Crippen molar-refractivity contribution < 1.29 is 9.21 Å². The van der Waals surface area contributed by atoms with Crippen LogP contribution in [0.4, 0.5) is 5.69 Å². The van der Waals surface area contributed by atoms with Gasteiger partial charge in [0.15, 0.2) is 5.58 Å². The molecule has 4 aromatic rings. The summed E-state index contributed by atoms with van der Waals surface area (Å²) >= 11 is 1.35. The number of hydrogen-bond donors (Lipinski definition) is 1. The maximum Gasteiger partial charge on any atom is 0.419 e. The highest BCUT2D eigenvalue weighted by molar-refractivity contribution is 7.17. The number of thiazole rings is 1. The number of hydrogen-bond acceptors (Lipinski definition) is 5. The van der Waals surface area contributed by atoms with Gasteiger partial charge in [-0.25, -0.2) is 9.78 Å². The number of carbonyl (C=O) groups is 1. The average molecular weight is 365 g/mol. The summed E-state index contributed by atoms with van der Waals surface area (Å²) in [5, 5.41) is 3.65. The highest BCUT2D eigenvalue weighted by atomic mass is 32.1. The number of aromatic nitrogens is 2. The molecule has 0 spiro atoms. The van der Waals surface area contributed by atoms with E-state index in [-0.39, 0.29) is 5.91 Å². The van der Waals surface area contributed by atoms with E-state index in [1.54, 1.807) is 25.2 Å². The van der Waals surface area contributed by atoms with Crippen LogP contribution in [-0.2, 0) is 7.05 Å². The van der Waals surface area contributed by atoms with Gasteiger partial charge in [0, 0.05) is 24.4 Å². The predicted molar refractivity (Wildman–Crippen MR) is 102 cm³/mol. The lowest BCUT2D eigenvalue weighted by Gasteiger charge is -2.03. The number of nitrogens with one attached hydrogen (secondary N) is 1. The average Bonchev–Trinajstić information content (AvgIpc) is 3.16. The third kappa shape index (κ3) is 2.82. The summed E-state index contributed by atoms with van der Waals surface area (Å²) < 4.78 is 6.58. The molecule has 0 fully saturated rings. The summed E-state index contributed by atoms with van der Waals surface area (Å²) in [6, 6.07) is 14.9. The standard InChI is InChI=1S/C19H15N3O3S/c1-11-16(26-18(20-11)12-6-4-3-5-7-12)17(23)21-13-8-9-14-15(10-13)25-19(24)22(14)2/h3-10H,1-2H3,(H,21,23). The minimum absolute atomic E-state index is 0.236. The van der Waals surface area contributed by atoms with E-state index < -0.39 is 5.76 Å². The van der Waals surface area contributed by atoms with E-state index in [1.807, 2.05) is 37.3 Å². The van der Waals surface area contributed by atoms with Gasteiger partial charge in [-0.1, -0.05) is 30.3 Å². The summed E-state index contributed by atoms with van der Waals surface area (Å²) in [6.45, 7) is 1.82. The Morgan fingerprint density at radius 1 is 1.19 bits per heavy atom. The molecule has 7 heteroatoms. The van der Waals surface area contributed by atoms with Crippen molar-refractivity contribution in [2.45, 2.75) is 6.92 Å². The first kappa shape index (κ1) is 16.3. The van der Waals surface area contributed by atoms with E-state index >= 15 is 0 Å². The van der Waals surface area contributed by atoms with Crippen LogP contribution >= 0.6 is 11.3 Å². The van der Waals surface area contributed by atoms with Crippen LogP contribution in [0.15, 0.2) is 57.7 Å². The number of aryl methyl sites for hydroxylation is 2. The van der Waals surface area contributed by atoms with Crippen LogP contribution in [0.1, 0.15) is 15.4 Å². The monoisotopic (exact) mass is 365 g/mol. The molecule has 4 rings (SSSR count). The van der Waals surface area contributed by atoms with E-state index in [2.05, 4.69) is 10.3 Å². The highest BCUT2D eigenvalue weighted by Crippen LogP contribution is 2.28. The van der Waals surface area contributed by atoms with Crippen LogP contribution in [0.3, 0.4) is 0 Å². The molecule has 0 saturated carbocycles. The number of nitrogens with zero attached hydrogens (tertiary/aromatic N) is 2. The molecule has 0 atom stereocenters. The number of carbonyl (C=O) groups excluding carboxylic acids is 1. The number of oxazole rings is 1. The second-order valence-electron chi connectivity index (χ2n) is 5.86. The van der Waals surface area contributed by atoms with Crippen molar-refractivity contribution in [3.8, 4) is 10.6 Å². The second-order valence-corrected chi connectivity index (χ2v) is 6.86. The Morgan fingerprint density at radius 2 is 1.96 bits per heavy atom. The zero-order chi connectivity index (χ0) is 18.3. The van der Waals surface area contributed by atoms with E-state index in [0.717, 1.165) is 10.6 Å². The maximum atomic E-state index is 12.6. The van der Waals surface area contributed by atoms with Crippen molar-refractivity contribution in [3.05, 3.63) is 69.7 Å². The van der Waals surface area contributed by atoms with Crippen molar-refractivity contribution in [2.24, 2.45) is 7.05 Å². The number of amides is 1. The van der Waals surface area contributed by atoms with Gasteiger partial charge < -0.3 is 9.73 Å². The summed E-state index contributed by atoms with van der Waals surface area (Å²) in [4.78, 5) is 29.3. The molecule has 26 heavy (non-hydrogen) atoms. The van der Waals surface area contributed by atoms with E-state index in [9.17, 15) is 9.59 Å². The molecule has 0 bridgehead atoms. The van der Waals surface area contributed by atoms with Crippen molar-refractivity contribution in [3.63, 3.8) is 0 Å². The van der Waals surface area contributed by atoms with E-state index in [0.29, 0.717) is 27.4 Å². The first-order valence-electron chi connectivity index (χ1n) is 7.97. The van der Waals surface area contributed by atoms with Crippen molar-refractivity contribution >= 4 is 34.0 Å². The van der Waals surface area contributed by atoms with Crippen LogP contribution in [0.5, 0.6) is 0 Å². The topological polar surface area (TPSA) is 77.1 Å². The largest absolute Gasteiger partial charge is 0.419 e. The molecule has 0 aliphatic rings. The number of rotatable bonds is 3. The van der Waals surface area contributed by atoms with Gasteiger partial charge in [-0.05, 0) is 19.1 Å². The van der Waals surface area contributed by atoms with Crippen LogP contribution in [0, 0.1) is 6.92 Å². The molecular formula is C19H15N3O3S. The Kier molecular flexibility index (Phi) is 3.93. The molecule has 2 aromatic heterocycles. The van der Waals surface area contributed by atoms with Gasteiger partial charge >= 0.3 is 5.76 Å². The Labute approximate surface area is 152 Å². The van der Waals surface area contributed by atoms with Gasteiger partial charge in [0.05, 0.1) is 11.2 Å². The Balaban J connectivity index is 1.62. The number of benzene rings is 2. The lowest BCUT2D eigenvalue weighted by atomic mass is 10.2. The van der Waals surface area contributed by atoms with Crippen molar-refractivity contribution in [2.75, 3.05) is 5.32 Å². The summed E-state index contributed by atoms with van der Waals surface area (Å²) in [6.07, 6.45) is 0. The zero-order valence-corrected chi connectivity index (χ0v) is 15.0. The minimum atomic E-state index is -0.436. The quantitative estimate of drug-likeness (QED) is 0.599. The molecule has 2 aromatic carbocycles. The first-order chi connectivity index (χ1) is 12.5. The van der Waals surface area contributed by atoms with Gasteiger partial charge in [-0.2, -0.15) is 0 Å². The van der Waals surface area contributed by atoms with Gasteiger partial charge in [0.25, 0.3) is 5.91 Å². The van der Waals surface area contributed by atoms with Crippen LogP contribution in [0.2, 0.25) is 0 Å². The minimum Gasteiger partial charge on any atom is -0.408 e. The molecule has 1 N–H and O–H groups in total. The summed E-state index contributed by atoms with van der Waals surface area (Å²) in [7, 11) is 1.64. The van der Waals surface area contributed by atoms with Gasteiger partial charge in [0.2, 0.25) is 0 Å². The normalized spacial score (nSPS) is 11.0. The number of anilines is 1. The van der Waals surface area contributed by atoms with Crippen molar-refractivity contribution in [1.29, 1.82) is 0 Å². The fourth-order valence-corrected chi connectivity index (χ4v) is 3.68. The van der Waals surface area contributed by atoms with E-state index in [4.69, 9.17) is 4.42 Å². The highest BCUT2D eigenvalue weighted by Gasteiger charge is 2.17. The summed E-state index contributed by atoms with van der Waals surface area (Å²) in [5.74, 6) is -0.672. The maximum absolute atomic E-state index is 12.6. The lowest BCUT2D eigenvalue weighted by molar-refractivity contribution is 0.103. The van der Waals surface area contributed by atoms with Gasteiger partial charge in [-0.15, -0.1) is 11.3 Å². The molecular weight excluding hydrogens is 350 g/mol. The fourth-order valence-electron chi connectivity index (χ4n) is 2.71. The smallest absolute Gasteiger partial charge is 0.408 e. The molecule has 0 aliphatic carbocycles. The Bertz CT molecular complexity index is 1170. The van der Waals surface area contributed by atoms with Crippen LogP contribution < -0.4 is 11.1 Å². The lowest BCUT2D eigenvalue weighted by Crippen LogP contribution is -2.11. The molecule has 0 radical (unpaired) electrons. The molecule has 0 unspecified atom stereocenters. The first-order valence-corrected chi connectivity index (χ1v) is 8.78. The molecule has 0 saturated heterocycles. The third-order valence-corrected chi connectivity index (χ3v) is 5.28. The van der Waals surface area contributed by atoms with Crippen LogP contribution in [-0.4, -0.2) is 15.5 Å². The predicted octanol–water partition coefficient (Wildman–Crippen LogP) is 3.82. The zero-order valence-electron chi connectivity index (χ0n) is 14.1. The molecule has 2 heterocycles. The third-order valence-electron chi connectivity index (χ3n) is 4.07. The van der Waals surface area contributed by atoms with Crippen LogP contribution in [0.25, 0.3) is 21.7 Å². The fraction of sp³-hybridized carbons (Fsp3) is 0.105. The Morgan fingerprint density at radius 3 is 2.73 bits per heavy atom. The molecule has 0 aliphatic heterocycles. The van der Waals surface area contributed by atoms with Gasteiger partial charge in [0.1, 0.15) is 9.88 Å². The molecule has 6 nitrogen and oxygen atoms in total. The molecule has 130 valence electrons. The van der Waals surface area contributed by atoms with Crippen molar-refractivity contribution in [1.82, 2.24) is 9.55 Å². The second kappa shape index (κ2) is 6.27. The SMILES string of the molecule is Cc1nc(-c2ccccc2)sc1C(=O)Nc1ccc2c(c1)oc(=O)n2C. The Hall–Kier alpha value is -3.19. The molecule has 1 amide bonds. The summed E-state index contributed by atoms with van der Waals surface area (Å²) in [5.41, 5.74) is 3.33.